The van der Waals surface area contributed by atoms with Gasteiger partial charge < -0.3 is 19.5 Å². The van der Waals surface area contributed by atoms with E-state index in [1.165, 1.54) is 19.3 Å². The predicted octanol–water partition coefficient (Wildman–Crippen LogP) is 3.84. The van der Waals surface area contributed by atoms with Crippen molar-refractivity contribution in [2.75, 3.05) is 34.4 Å². The summed E-state index contributed by atoms with van der Waals surface area (Å²) < 4.78 is 10.5. The fourth-order valence-corrected chi connectivity index (χ4v) is 3.49. The summed E-state index contributed by atoms with van der Waals surface area (Å²) in [5, 5.41) is 11.0. The number of aromatic hydroxyl groups is 1. The Hall–Kier alpha value is -3.38. The number of phenols is 1. The molecule has 0 spiro atoms. The Labute approximate surface area is 176 Å². The fraction of sp³-hybridized carbons (Fsp3) is 0.250. The van der Waals surface area contributed by atoms with E-state index in [4.69, 9.17) is 9.47 Å². The van der Waals surface area contributed by atoms with Gasteiger partial charge in [0.2, 0.25) is 0 Å². The molecule has 30 heavy (non-hydrogen) atoms. The van der Waals surface area contributed by atoms with E-state index in [0.717, 1.165) is 17.7 Å². The van der Waals surface area contributed by atoms with Crippen LogP contribution in [0.4, 0.5) is 0 Å². The van der Waals surface area contributed by atoms with Crippen molar-refractivity contribution >= 4 is 23.7 Å². The molecule has 0 atom stereocenters. The molecule has 0 aliphatic carbocycles. The lowest BCUT2D eigenvalue weighted by molar-refractivity contribution is 0.104. The van der Waals surface area contributed by atoms with Crippen LogP contribution in [0.1, 0.15) is 38.3 Å². The summed E-state index contributed by atoms with van der Waals surface area (Å²) in [4.78, 5) is 26.8. The molecule has 1 heterocycles. The molecule has 6 heteroatoms. The molecule has 0 bridgehead atoms. The molecule has 1 N–H and O–H groups in total. The molecular weight excluding hydrogens is 382 g/mol. The Morgan fingerprint density at radius 3 is 2.63 bits per heavy atom. The number of likely N-dealkylation sites (N-methyl/N-ethyl adjacent to an activating group) is 1. The number of phenolic OH excluding ortho intramolecular Hbond substituents is 1. The molecule has 3 rings (SSSR count). The van der Waals surface area contributed by atoms with Crippen LogP contribution in [0.15, 0.2) is 42.5 Å². The second-order valence-electron chi connectivity index (χ2n) is 7.10. The minimum absolute atomic E-state index is 0.0390. The van der Waals surface area contributed by atoms with Crippen molar-refractivity contribution in [2.45, 2.75) is 6.42 Å². The predicted molar refractivity (Wildman–Crippen MR) is 116 cm³/mol. The smallest absolute Gasteiger partial charge is 0.193 e. The van der Waals surface area contributed by atoms with Crippen LogP contribution >= 0.6 is 0 Å². The fourth-order valence-electron chi connectivity index (χ4n) is 3.49. The number of hydrogen-bond donors (Lipinski definition) is 1. The maximum Gasteiger partial charge on any atom is 0.193 e. The van der Waals surface area contributed by atoms with E-state index in [1.807, 2.05) is 31.3 Å². The van der Waals surface area contributed by atoms with Gasteiger partial charge >= 0.3 is 0 Å². The molecule has 0 saturated carbocycles. The zero-order valence-electron chi connectivity index (χ0n) is 17.3. The van der Waals surface area contributed by atoms with Gasteiger partial charge in [0.15, 0.2) is 12.1 Å². The van der Waals surface area contributed by atoms with Crippen LogP contribution < -0.4 is 9.47 Å². The first-order valence-corrected chi connectivity index (χ1v) is 9.62. The number of carbonyl (C=O) groups is 2. The van der Waals surface area contributed by atoms with Crippen LogP contribution in [0.3, 0.4) is 0 Å². The zero-order valence-corrected chi connectivity index (χ0v) is 17.3. The average Bonchev–Trinajstić information content (AvgIpc) is 2.77. The van der Waals surface area contributed by atoms with Gasteiger partial charge in [-0.1, -0.05) is 24.3 Å². The van der Waals surface area contributed by atoms with Crippen molar-refractivity contribution in [3.05, 3.63) is 64.7 Å². The number of rotatable bonds is 7. The number of ketones is 1. The van der Waals surface area contributed by atoms with Crippen molar-refractivity contribution in [1.82, 2.24) is 4.90 Å². The van der Waals surface area contributed by atoms with Crippen molar-refractivity contribution in [1.29, 1.82) is 0 Å². The van der Waals surface area contributed by atoms with Gasteiger partial charge in [0.25, 0.3) is 0 Å². The van der Waals surface area contributed by atoms with E-state index in [-0.39, 0.29) is 17.1 Å². The number of methoxy groups -OCH3 is 2. The molecule has 2 aromatic carbocycles. The van der Waals surface area contributed by atoms with Gasteiger partial charge in [-0.3, -0.25) is 9.59 Å². The molecule has 0 unspecified atom stereocenters. The van der Waals surface area contributed by atoms with Crippen molar-refractivity contribution < 1.29 is 24.2 Å². The zero-order chi connectivity index (χ0) is 21.7. The number of carbonyl (C=O) groups excluding carboxylic acids is 2. The first-order chi connectivity index (χ1) is 14.5. The Kier molecular flexibility index (Phi) is 6.69. The van der Waals surface area contributed by atoms with Crippen molar-refractivity contribution in [3.63, 3.8) is 0 Å². The average molecular weight is 407 g/mol. The van der Waals surface area contributed by atoms with Gasteiger partial charge in [-0.05, 0) is 48.9 Å². The van der Waals surface area contributed by atoms with Gasteiger partial charge in [0.1, 0.15) is 22.8 Å². The molecule has 0 fully saturated rings. The number of nitrogens with zero attached hydrogens (tertiary/aromatic N) is 1. The normalized spacial score (nSPS) is 14.4. The highest BCUT2D eigenvalue weighted by molar-refractivity contribution is 6.12. The lowest BCUT2D eigenvalue weighted by atomic mass is 9.90. The monoisotopic (exact) mass is 407 g/mol. The molecule has 1 aliphatic heterocycles. The molecule has 156 valence electrons. The SMILES string of the molecule is COc1cccc(/C=C/C(=O)c2c(OC)cc(C=O)c(C3=CCN(C)CC3)c2O)c1. The summed E-state index contributed by atoms with van der Waals surface area (Å²) >= 11 is 0. The second kappa shape index (κ2) is 9.41. The largest absolute Gasteiger partial charge is 0.506 e. The topological polar surface area (TPSA) is 76.1 Å². The number of ether oxygens (including phenoxy) is 2. The second-order valence-corrected chi connectivity index (χ2v) is 7.10. The molecule has 0 aromatic heterocycles. The highest BCUT2D eigenvalue weighted by Gasteiger charge is 2.25. The lowest BCUT2D eigenvalue weighted by Crippen LogP contribution is -2.24. The highest BCUT2D eigenvalue weighted by Crippen LogP contribution is 2.40. The summed E-state index contributed by atoms with van der Waals surface area (Å²) in [6.07, 6.45) is 6.34. The number of hydrogen-bond acceptors (Lipinski definition) is 6. The quantitative estimate of drug-likeness (QED) is 0.427. The first-order valence-electron chi connectivity index (χ1n) is 9.62. The third-order valence-electron chi connectivity index (χ3n) is 5.14. The lowest BCUT2D eigenvalue weighted by Gasteiger charge is -2.24. The molecule has 0 saturated heterocycles. The number of benzene rings is 2. The minimum atomic E-state index is -0.417. The van der Waals surface area contributed by atoms with E-state index in [9.17, 15) is 14.7 Å². The molecule has 0 amide bonds. The molecule has 0 radical (unpaired) electrons. The third kappa shape index (κ3) is 4.44. The van der Waals surface area contributed by atoms with Crippen molar-refractivity contribution in [2.24, 2.45) is 0 Å². The number of aldehydes is 1. The summed E-state index contributed by atoms with van der Waals surface area (Å²) in [6, 6.07) is 8.78. The summed E-state index contributed by atoms with van der Waals surface area (Å²) in [5.41, 5.74) is 2.37. The van der Waals surface area contributed by atoms with E-state index in [0.29, 0.717) is 36.1 Å². The van der Waals surface area contributed by atoms with E-state index < -0.39 is 5.78 Å². The van der Waals surface area contributed by atoms with Crippen LogP contribution in [0.5, 0.6) is 17.2 Å². The van der Waals surface area contributed by atoms with Crippen LogP contribution in [0, 0.1) is 0 Å². The molecule has 2 aromatic rings. The Balaban J connectivity index is 2.04. The maximum absolute atomic E-state index is 13.0. The van der Waals surface area contributed by atoms with Gasteiger partial charge in [-0.15, -0.1) is 0 Å². The summed E-state index contributed by atoms with van der Waals surface area (Å²) in [5.74, 6) is 0.191. The minimum Gasteiger partial charge on any atom is -0.506 e. The van der Waals surface area contributed by atoms with Gasteiger partial charge in [-0.25, -0.2) is 0 Å². The van der Waals surface area contributed by atoms with Crippen LogP contribution in [0.25, 0.3) is 11.6 Å². The van der Waals surface area contributed by atoms with Gasteiger partial charge in [-0.2, -0.15) is 0 Å². The summed E-state index contributed by atoms with van der Waals surface area (Å²) in [7, 11) is 4.98. The first kappa shape index (κ1) is 21.3. The summed E-state index contributed by atoms with van der Waals surface area (Å²) in [6.45, 7) is 1.51. The molecule has 1 aliphatic rings. The molecule has 6 nitrogen and oxygen atoms in total. The van der Waals surface area contributed by atoms with Gasteiger partial charge in [0, 0.05) is 24.2 Å². The van der Waals surface area contributed by atoms with Crippen LogP contribution in [-0.4, -0.2) is 56.4 Å². The Morgan fingerprint density at radius 2 is 2.00 bits per heavy atom. The highest BCUT2D eigenvalue weighted by atomic mass is 16.5. The van der Waals surface area contributed by atoms with E-state index in [2.05, 4.69) is 4.90 Å². The number of allylic oxidation sites excluding steroid dienone is 1. The Morgan fingerprint density at radius 1 is 1.20 bits per heavy atom. The standard InChI is InChI=1S/C24H25NO5/c1-25-11-9-17(10-12-25)22-18(15-26)14-21(30-3)23(24(22)28)20(27)8-7-16-5-4-6-19(13-16)29-2/h4-9,13-15,28H,10-12H2,1-3H3/b8-7+. The van der Waals surface area contributed by atoms with Crippen LogP contribution in [-0.2, 0) is 0 Å². The maximum atomic E-state index is 13.0. The van der Waals surface area contributed by atoms with Crippen molar-refractivity contribution in [3.8, 4) is 17.2 Å². The van der Waals surface area contributed by atoms with Crippen LogP contribution in [0.2, 0.25) is 0 Å². The van der Waals surface area contributed by atoms with Gasteiger partial charge in [0.05, 0.1) is 14.2 Å². The Bertz CT molecular complexity index is 1020. The van der Waals surface area contributed by atoms with E-state index >= 15 is 0 Å². The third-order valence-corrected chi connectivity index (χ3v) is 5.14. The van der Waals surface area contributed by atoms with E-state index in [1.54, 1.807) is 19.3 Å². The molecular formula is C24H25NO5.